The molecule has 324 valence electrons. The quantitative estimate of drug-likeness (QED) is 0.217. The van der Waals surface area contributed by atoms with Gasteiger partial charge in [-0.2, -0.15) is 0 Å². The molecule has 4 fully saturated rings. The number of Topliss-reactive ketones (excluding diaryl/α,β-unsaturated/α-hetero) is 1. The Bertz CT molecular complexity index is 1670. The smallest absolute Gasteiger partial charge is 0.408 e. The van der Waals surface area contributed by atoms with E-state index >= 15 is 0 Å². The van der Waals surface area contributed by atoms with Crippen LogP contribution in [-0.4, -0.2) is 134 Å². The molecule has 1 amide bonds. The van der Waals surface area contributed by atoms with Crippen molar-refractivity contribution in [3.8, 4) is 0 Å². The zero-order valence-corrected chi connectivity index (χ0v) is 35.7. The van der Waals surface area contributed by atoms with E-state index in [2.05, 4.69) is 10.5 Å². The minimum Gasteiger partial charge on any atom is -0.465 e. The summed E-state index contributed by atoms with van der Waals surface area (Å²) in [5.74, 6) is -4.18. The van der Waals surface area contributed by atoms with Crippen LogP contribution in [0.1, 0.15) is 90.6 Å². The van der Waals surface area contributed by atoms with Gasteiger partial charge in [0.15, 0.2) is 11.9 Å². The summed E-state index contributed by atoms with van der Waals surface area (Å²) in [5, 5.41) is 18.9. The molecule has 2 bridgehead atoms. The molecule has 58 heavy (non-hydrogen) atoms. The number of rotatable bonds is 8. The van der Waals surface area contributed by atoms with Crippen LogP contribution < -0.4 is 5.32 Å². The zero-order chi connectivity index (χ0) is 42.7. The van der Waals surface area contributed by atoms with E-state index < -0.39 is 89.7 Å². The SMILES string of the molecule is CC[C@H]1OC(=O)[C@H](C)[C@H]2OC/C(=N\OCc3cccc(C(=O)OC)c3)CO[C@](C)(C[C@@H](C)C(=O)[C@H](C)[C@H]3NC(=O)O[C@@]31C)[C@H](O[C@@H]1O[C@H](C)C[C@H](N(C)C)[C@H]1O)[C@H]2C. The molecule has 14 atom stereocenters. The van der Waals surface area contributed by atoms with Crippen LogP contribution in [0.3, 0.4) is 0 Å². The number of esters is 2. The molecule has 4 aliphatic rings. The Morgan fingerprint density at radius 2 is 1.79 bits per heavy atom. The van der Waals surface area contributed by atoms with E-state index in [1.54, 1.807) is 45.0 Å². The second-order valence-corrected chi connectivity index (χ2v) is 17.1. The molecule has 16 nitrogen and oxygen atoms in total. The highest BCUT2D eigenvalue weighted by Crippen LogP contribution is 2.42. The highest BCUT2D eigenvalue weighted by atomic mass is 16.7. The minimum atomic E-state index is -1.34. The maximum absolute atomic E-state index is 14.5. The zero-order valence-electron chi connectivity index (χ0n) is 35.7. The number of fused-ring (bicyclic) bond motifs is 4. The van der Waals surface area contributed by atoms with Crippen molar-refractivity contribution in [1.29, 1.82) is 0 Å². The highest BCUT2D eigenvalue weighted by Gasteiger charge is 2.57. The van der Waals surface area contributed by atoms with Crippen molar-refractivity contribution in [1.82, 2.24) is 10.2 Å². The number of carbonyl (C=O) groups is 4. The summed E-state index contributed by atoms with van der Waals surface area (Å²) < 4.78 is 43.5. The van der Waals surface area contributed by atoms with Crippen molar-refractivity contribution >= 4 is 29.5 Å². The van der Waals surface area contributed by atoms with Crippen LogP contribution in [-0.2, 0) is 54.2 Å². The first-order valence-corrected chi connectivity index (χ1v) is 20.3. The summed E-state index contributed by atoms with van der Waals surface area (Å²) >= 11 is 0. The van der Waals surface area contributed by atoms with E-state index in [4.69, 9.17) is 38.0 Å². The molecule has 0 saturated carbocycles. The molecule has 1 aromatic carbocycles. The van der Waals surface area contributed by atoms with Gasteiger partial charge in [-0.25, -0.2) is 9.59 Å². The molecule has 0 aromatic heterocycles. The number of ketones is 1. The Morgan fingerprint density at radius 1 is 1.07 bits per heavy atom. The van der Waals surface area contributed by atoms with Gasteiger partial charge in [-0.05, 0) is 78.7 Å². The first-order chi connectivity index (χ1) is 27.3. The Labute approximate surface area is 341 Å². The number of nitrogens with zero attached hydrogens (tertiary/aromatic N) is 2. The number of likely N-dealkylation sites (N-methyl/N-ethyl adjacent to an activating group) is 1. The van der Waals surface area contributed by atoms with E-state index in [-0.39, 0.29) is 44.2 Å². The Morgan fingerprint density at radius 3 is 2.47 bits per heavy atom. The van der Waals surface area contributed by atoms with Crippen LogP contribution in [0, 0.1) is 23.7 Å². The van der Waals surface area contributed by atoms with Crippen LogP contribution in [0.15, 0.2) is 29.4 Å². The maximum Gasteiger partial charge on any atom is 0.408 e. The van der Waals surface area contributed by atoms with Gasteiger partial charge in [0.1, 0.15) is 30.3 Å². The van der Waals surface area contributed by atoms with Gasteiger partial charge in [0.25, 0.3) is 0 Å². The van der Waals surface area contributed by atoms with Gasteiger partial charge < -0.3 is 53.3 Å². The predicted octanol–water partition coefficient (Wildman–Crippen LogP) is 4.04. The summed E-state index contributed by atoms with van der Waals surface area (Å²) in [6, 6.07) is 5.71. The Kier molecular flexibility index (Phi) is 14.7. The van der Waals surface area contributed by atoms with Gasteiger partial charge in [-0.15, -0.1) is 0 Å². The number of hydrogen-bond acceptors (Lipinski definition) is 15. The standard InChI is InChI=1S/C42H63N3O13/c1-12-31-42(8)35(43-40(50)58-42)24(4)32(46)22(2)18-41(7)36(57-39-33(47)30(45(9)10)16-23(3)55-39)25(5)34(26(6)37(48)56-31)52-20-29(21-53-41)44-54-19-27-14-13-15-28(17-27)38(49)51-11/h13-15,17,22-26,30-31,33-36,39,47H,12,16,18-21H2,1-11H3,(H,43,50)/b44-29+/t22-,23-,24+,25+,26-,30+,31-,33-,34+,35-,36-,39+,41-,42-/m1/s1. The average Bonchev–Trinajstić information content (AvgIpc) is 3.52. The predicted molar refractivity (Wildman–Crippen MR) is 210 cm³/mol. The highest BCUT2D eigenvalue weighted by molar-refractivity contribution is 5.89. The second-order valence-electron chi connectivity index (χ2n) is 17.1. The number of cyclic esters (lactones) is 1. The molecular weight excluding hydrogens is 754 g/mol. The van der Waals surface area contributed by atoms with E-state index in [0.29, 0.717) is 29.7 Å². The molecule has 1 aromatic rings. The molecule has 4 saturated heterocycles. The van der Waals surface area contributed by atoms with Crippen molar-refractivity contribution in [2.45, 2.75) is 141 Å². The first-order valence-electron chi connectivity index (χ1n) is 20.3. The van der Waals surface area contributed by atoms with Crippen molar-refractivity contribution in [3.63, 3.8) is 0 Å². The van der Waals surface area contributed by atoms with E-state index in [1.165, 1.54) is 7.11 Å². The van der Waals surface area contributed by atoms with Crippen LogP contribution in [0.4, 0.5) is 4.79 Å². The number of ether oxygens (including phenoxy) is 7. The van der Waals surface area contributed by atoms with Crippen LogP contribution in [0.2, 0.25) is 0 Å². The van der Waals surface area contributed by atoms with Gasteiger partial charge in [-0.1, -0.05) is 45.0 Å². The fraction of sp³-hybridized carbons (Fsp3) is 0.738. The summed E-state index contributed by atoms with van der Waals surface area (Å²) in [5.41, 5.74) is -1.24. The fourth-order valence-electron chi connectivity index (χ4n) is 9.20. The van der Waals surface area contributed by atoms with Crippen molar-refractivity contribution in [2.75, 3.05) is 34.4 Å². The number of hydrogen-bond donors (Lipinski definition) is 2. The molecule has 0 spiro atoms. The van der Waals surface area contributed by atoms with Crippen molar-refractivity contribution < 1.29 is 62.3 Å². The summed E-state index contributed by atoms with van der Waals surface area (Å²) in [4.78, 5) is 61.5. The number of nitrogens with one attached hydrogen (secondary N) is 1. The van der Waals surface area contributed by atoms with E-state index in [0.717, 1.165) is 0 Å². The third kappa shape index (κ3) is 9.68. The van der Waals surface area contributed by atoms with Crippen LogP contribution in [0.25, 0.3) is 0 Å². The topological polar surface area (TPSA) is 190 Å². The number of aliphatic hydroxyl groups excluding tert-OH is 1. The average molecular weight is 818 g/mol. The molecule has 2 N–H and O–H groups in total. The van der Waals surface area contributed by atoms with Gasteiger partial charge in [0, 0.05) is 23.8 Å². The molecule has 4 aliphatic heterocycles. The van der Waals surface area contributed by atoms with Crippen molar-refractivity contribution in [3.05, 3.63) is 35.4 Å². The lowest BCUT2D eigenvalue weighted by molar-refractivity contribution is -0.302. The van der Waals surface area contributed by atoms with Crippen molar-refractivity contribution in [2.24, 2.45) is 28.8 Å². The molecule has 0 unspecified atom stereocenters. The third-order valence-corrected chi connectivity index (χ3v) is 12.4. The molecule has 0 aliphatic carbocycles. The Balaban J connectivity index is 1.58. The molecule has 5 rings (SSSR count). The fourth-order valence-corrected chi connectivity index (χ4v) is 9.20. The largest absolute Gasteiger partial charge is 0.465 e. The van der Waals surface area contributed by atoms with Gasteiger partial charge in [-0.3, -0.25) is 9.59 Å². The molecule has 16 heteroatoms. The maximum atomic E-state index is 14.5. The number of benzene rings is 1. The normalized spacial score (nSPS) is 39.7. The molecular formula is C42H63N3O13. The lowest BCUT2D eigenvalue weighted by Gasteiger charge is -2.48. The number of carbonyl (C=O) groups excluding carboxylic acids is 4. The van der Waals surface area contributed by atoms with Gasteiger partial charge >= 0.3 is 18.0 Å². The molecule has 0 radical (unpaired) electrons. The molecule has 4 heterocycles. The van der Waals surface area contributed by atoms with Crippen LogP contribution >= 0.6 is 0 Å². The van der Waals surface area contributed by atoms with Gasteiger partial charge in [0.2, 0.25) is 0 Å². The third-order valence-electron chi connectivity index (χ3n) is 12.4. The summed E-state index contributed by atoms with van der Waals surface area (Å²) in [7, 11) is 5.09. The second kappa shape index (κ2) is 18.7. The monoisotopic (exact) mass is 817 g/mol. The Hall–Kier alpha value is -3.67. The van der Waals surface area contributed by atoms with Gasteiger partial charge in [0.05, 0.1) is 61.8 Å². The summed E-state index contributed by atoms with van der Waals surface area (Å²) in [6.07, 6.45) is -4.78. The number of aliphatic hydroxyl groups is 1. The number of methoxy groups -OCH3 is 1. The lowest BCUT2D eigenvalue weighted by atomic mass is 9.73. The summed E-state index contributed by atoms with van der Waals surface area (Å²) in [6.45, 7) is 14.2. The number of oxime groups is 1. The van der Waals surface area contributed by atoms with E-state index in [9.17, 15) is 24.3 Å². The minimum absolute atomic E-state index is 0.0163. The number of alkyl carbamates (subject to hydrolysis) is 1. The number of amides is 1. The van der Waals surface area contributed by atoms with Crippen LogP contribution in [0.5, 0.6) is 0 Å². The lowest BCUT2D eigenvalue weighted by Crippen LogP contribution is -2.60. The first kappa shape index (κ1) is 45.4. The van der Waals surface area contributed by atoms with E-state index in [1.807, 2.05) is 53.6 Å².